The number of methoxy groups -OCH3 is 1. The number of benzene rings is 1. The summed E-state index contributed by atoms with van der Waals surface area (Å²) in [7, 11) is 1.60. The first kappa shape index (κ1) is 14.6. The smallest absolute Gasteiger partial charge is 0.207 e. The predicted octanol–water partition coefficient (Wildman–Crippen LogP) is 4.19. The van der Waals surface area contributed by atoms with Crippen molar-refractivity contribution in [2.45, 2.75) is 0 Å². The lowest BCUT2D eigenvalue weighted by Gasteiger charge is -2.12. The maximum Gasteiger partial charge on any atom is 0.207 e. The summed E-state index contributed by atoms with van der Waals surface area (Å²) in [6.07, 6.45) is 1.56. The van der Waals surface area contributed by atoms with Gasteiger partial charge in [0.25, 0.3) is 0 Å². The summed E-state index contributed by atoms with van der Waals surface area (Å²) < 4.78 is 8.73. The van der Waals surface area contributed by atoms with Gasteiger partial charge in [-0.15, -0.1) is 0 Å². The second-order valence-corrected chi connectivity index (χ2v) is 6.38. The van der Waals surface area contributed by atoms with E-state index >= 15 is 0 Å². The van der Waals surface area contributed by atoms with Crippen LogP contribution in [0.5, 0.6) is 5.75 Å². The fourth-order valence-corrected chi connectivity index (χ4v) is 3.53. The van der Waals surface area contributed by atoms with Crippen LogP contribution in [0.2, 0.25) is 5.02 Å². The van der Waals surface area contributed by atoms with E-state index in [9.17, 15) is 0 Å². The van der Waals surface area contributed by atoms with Gasteiger partial charge in [0.05, 0.1) is 22.3 Å². The number of rotatable bonds is 2. The van der Waals surface area contributed by atoms with Gasteiger partial charge < -0.3 is 10.5 Å². The molecule has 8 heteroatoms. The van der Waals surface area contributed by atoms with Gasteiger partial charge in [-0.25, -0.2) is 9.97 Å². The Bertz CT molecular complexity index is 850. The highest BCUT2D eigenvalue weighted by molar-refractivity contribution is 9.11. The van der Waals surface area contributed by atoms with E-state index in [-0.39, 0.29) is 0 Å². The number of aromatic nitrogens is 3. The molecule has 0 spiro atoms. The summed E-state index contributed by atoms with van der Waals surface area (Å²) in [5, 5.41) is 0.514. The molecule has 5 nitrogen and oxygen atoms in total. The third-order valence-electron chi connectivity index (χ3n) is 2.95. The number of pyridine rings is 1. The number of nitrogens with two attached hydrogens (primary N) is 1. The zero-order valence-electron chi connectivity index (χ0n) is 10.8. The van der Waals surface area contributed by atoms with Crippen LogP contribution in [0.1, 0.15) is 0 Å². The van der Waals surface area contributed by atoms with Gasteiger partial charge in [0, 0.05) is 16.7 Å². The predicted molar refractivity (Wildman–Crippen MR) is 90.2 cm³/mol. The van der Waals surface area contributed by atoms with Gasteiger partial charge >= 0.3 is 0 Å². The Hall–Kier alpha value is -1.31. The highest BCUT2D eigenvalue weighted by atomic mass is 79.9. The Morgan fingerprint density at radius 3 is 2.71 bits per heavy atom. The maximum atomic E-state index is 6.03. The molecule has 1 aromatic carbocycles. The van der Waals surface area contributed by atoms with Crippen molar-refractivity contribution < 1.29 is 4.74 Å². The van der Waals surface area contributed by atoms with E-state index in [1.54, 1.807) is 23.9 Å². The lowest BCUT2D eigenvalue weighted by atomic mass is 10.3. The molecule has 2 aromatic heterocycles. The summed E-state index contributed by atoms with van der Waals surface area (Å²) in [5.41, 5.74) is 8.07. The van der Waals surface area contributed by atoms with Crippen molar-refractivity contribution in [1.29, 1.82) is 0 Å². The molecular formula is C13H9Br2ClN4O. The SMILES string of the molecule is COc1cc(-n2c(N)nc3cc(Cl)cnc32)c(Br)cc1Br. The molecule has 0 saturated heterocycles. The number of ether oxygens (including phenoxy) is 1. The van der Waals surface area contributed by atoms with E-state index in [1.807, 2.05) is 12.1 Å². The molecule has 108 valence electrons. The molecule has 0 atom stereocenters. The fraction of sp³-hybridized carbons (Fsp3) is 0.0769. The lowest BCUT2D eigenvalue weighted by molar-refractivity contribution is 0.412. The molecule has 3 aromatic rings. The van der Waals surface area contributed by atoms with Gasteiger partial charge in [-0.1, -0.05) is 11.6 Å². The van der Waals surface area contributed by atoms with Crippen LogP contribution < -0.4 is 10.5 Å². The zero-order chi connectivity index (χ0) is 15.1. The minimum atomic E-state index is 0.324. The average molecular weight is 433 g/mol. The third-order valence-corrected chi connectivity index (χ3v) is 4.41. The van der Waals surface area contributed by atoms with E-state index < -0.39 is 0 Å². The summed E-state index contributed by atoms with van der Waals surface area (Å²) in [4.78, 5) is 8.60. The van der Waals surface area contributed by atoms with Crippen LogP contribution in [0.4, 0.5) is 5.95 Å². The van der Waals surface area contributed by atoms with E-state index in [0.717, 1.165) is 14.6 Å². The topological polar surface area (TPSA) is 66.0 Å². The number of nitrogen functional groups attached to an aromatic ring is 1. The number of imidazole rings is 1. The van der Waals surface area contributed by atoms with Gasteiger partial charge in [-0.3, -0.25) is 4.57 Å². The van der Waals surface area contributed by atoms with Crippen LogP contribution in [0, 0.1) is 0 Å². The van der Waals surface area contributed by atoms with Crippen molar-refractivity contribution in [3.8, 4) is 11.4 Å². The lowest BCUT2D eigenvalue weighted by Crippen LogP contribution is -2.03. The van der Waals surface area contributed by atoms with Crippen molar-refractivity contribution in [2.75, 3.05) is 12.8 Å². The first-order valence-electron chi connectivity index (χ1n) is 5.84. The van der Waals surface area contributed by atoms with E-state index in [1.165, 1.54) is 0 Å². The number of hydrogen-bond acceptors (Lipinski definition) is 4. The molecule has 0 radical (unpaired) electrons. The first-order valence-corrected chi connectivity index (χ1v) is 7.80. The molecule has 0 aliphatic rings. The average Bonchev–Trinajstić information content (AvgIpc) is 2.74. The Labute approximate surface area is 142 Å². The molecular weight excluding hydrogens is 423 g/mol. The van der Waals surface area contributed by atoms with Gasteiger partial charge in [0.2, 0.25) is 5.95 Å². The molecule has 21 heavy (non-hydrogen) atoms. The van der Waals surface area contributed by atoms with E-state index in [0.29, 0.717) is 27.9 Å². The van der Waals surface area contributed by atoms with Crippen molar-refractivity contribution in [1.82, 2.24) is 14.5 Å². The van der Waals surface area contributed by atoms with Crippen LogP contribution >= 0.6 is 43.5 Å². The molecule has 0 unspecified atom stereocenters. The summed E-state index contributed by atoms with van der Waals surface area (Å²) in [6, 6.07) is 5.46. The Kier molecular flexibility index (Phi) is 3.81. The van der Waals surface area contributed by atoms with Crippen LogP contribution in [0.25, 0.3) is 16.9 Å². The zero-order valence-corrected chi connectivity index (χ0v) is 14.7. The van der Waals surface area contributed by atoms with Gasteiger partial charge in [-0.2, -0.15) is 0 Å². The van der Waals surface area contributed by atoms with Gasteiger partial charge in [-0.05, 0) is 44.0 Å². The summed E-state index contributed by atoms with van der Waals surface area (Å²) in [5.74, 6) is 1.01. The van der Waals surface area contributed by atoms with E-state index in [2.05, 4.69) is 41.8 Å². The molecule has 0 saturated carbocycles. The largest absolute Gasteiger partial charge is 0.495 e. The van der Waals surface area contributed by atoms with Crippen molar-refractivity contribution in [2.24, 2.45) is 0 Å². The second-order valence-electron chi connectivity index (χ2n) is 4.24. The third kappa shape index (κ3) is 2.49. The maximum absolute atomic E-state index is 6.03. The summed E-state index contributed by atoms with van der Waals surface area (Å²) in [6.45, 7) is 0. The number of anilines is 1. The van der Waals surface area contributed by atoms with Crippen molar-refractivity contribution >= 4 is 60.6 Å². The number of hydrogen-bond donors (Lipinski definition) is 1. The van der Waals surface area contributed by atoms with E-state index in [4.69, 9.17) is 22.1 Å². The van der Waals surface area contributed by atoms with Gasteiger partial charge in [0.15, 0.2) is 5.65 Å². The molecule has 2 heterocycles. The molecule has 0 aliphatic carbocycles. The Balaban J connectivity index is 2.32. The van der Waals surface area contributed by atoms with Crippen molar-refractivity contribution in [3.05, 3.63) is 38.4 Å². The Morgan fingerprint density at radius 2 is 2.00 bits per heavy atom. The molecule has 0 fully saturated rings. The van der Waals surface area contributed by atoms with Crippen molar-refractivity contribution in [3.63, 3.8) is 0 Å². The van der Waals surface area contributed by atoms with Crippen LogP contribution in [-0.4, -0.2) is 21.6 Å². The monoisotopic (exact) mass is 430 g/mol. The molecule has 0 aliphatic heterocycles. The number of halogens is 3. The quantitative estimate of drug-likeness (QED) is 0.660. The molecule has 2 N–H and O–H groups in total. The minimum absolute atomic E-state index is 0.324. The van der Waals surface area contributed by atoms with Crippen LogP contribution in [-0.2, 0) is 0 Å². The van der Waals surface area contributed by atoms with Crippen LogP contribution in [0.3, 0.4) is 0 Å². The molecule has 3 rings (SSSR count). The van der Waals surface area contributed by atoms with Crippen LogP contribution in [0.15, 0.2) is 33.3 Å². The number of fused-ring (bicyclic) bond motifs is 1. The van der Waals surface area contributed by atoms with Gasteiger partial charge in [0.1, 0.15) is 11.3 Å². The highest BCUT2D eigenvalue weighted by Gasteiger charge is 2.16. The highest BCUT2D eigenvalue weighted by Crippen LogP contribution is 2.35. The minimum Gasteiger partial charge on any atom is -0.495 e. The fourth-order valence-electron chi connectivity index (χ4n) is 2.04. The number of nitrogens with zero attached hydrogens (tertiary/aromatic N) is 3. The second kappa shape index (κ2) is 5.47. The first-order chi connectivity index (χ1) is 10.0. The molecule has 0 amide bonds. The normalized spacial score (nSPS) is 11.0. The Morgan fingerprint density at radius 1 is 1.24 bits per heavy atom. The standard InChI is InChI=1S/C13H9Br2ClN4O/c1-21-11-4-10(7(14)3-8(11)15)20-12-9(19-13(20)17)2-6(16)5-18-12/h2-5H,1H3,(H2,17,19). The summed E-state index contributed by atoms with van der Waals surface area (Å²) >= 11 is 12.9. The molecule has 0 bridgehead atoms.